The maximum absolute atomic E-state index is 12.3. The van der Waals surface area contributed by atoms with Crippen molar-refractivity contribution in [2.45, 2.75) is 71.3 Å². The number of nitrogens with one attached hydrogen (secondary N) is 2. The van der Waals surface area contributed by atoms with Gasteiger partial charge in [-0.3, -0.25) is 10.2 Å². The summed E-state index contributed by atoms with van der Waals surface area (Å²) in [6.07, 6.45) is 8.05. The summed E-state index contributed by atoms with van der Waals surface area (Å²) in [7, 11) is 0. The van der Waals surface area contributed by atoms with Crippen molar-refractivity contribution in [3.63, 3.8) is 0 Å². The van der Waals surface area contributed by atoms with E-state index < -0.39 is 0 Å². The second kappa shape index (κ2) is 11.7. The van der Waals surface area contributed by atoms with Crippen LogP contribution in [0.2, 0.25) is 0 Å². The van der Waals surface area contributed by atoms with Crippen molar-refractivity contribution >= 4 is 11.7 Å². The minimum absolute atomic E-state index is 0.0349. The van der Waals surface area contributed by atoms with Gasteiger partial charge in [0, 0.05) is 12.5 Å². The Balaban J connectivity index is 3.94. The molecule has 0 amide bonds. The standard InChI is InChI=1S/C15H32N4O/c1-3-5-6-7-9-12(4-2)14(20)13(16)10-8-11-19-15(17)18/h12-13H,3-11,16H2,1-2H3,(H4,17,18,19)/t12?,13-/m1/s1. The lowest BCUT2D eigenvalue weighted by molar-refractivity contribution is -0.124. The molecule has 0 radical (unpaired) electrons. The van der Waals surface area contributed by atoms with Gasteiger partial charge in [-0.1, -0.05) is 39.5 Å². The molecule has 0 saturated carbocycles. The molecule has 118 valence electrons. The molecule has 0 aliphatic heterocycles. The molecule has 0 bridgehead atoms. The van der Waals surface area contributed by atoms with Crippen LogP contribution >= 0.6 is 0 Å². The number of hydrogen-bond donors (Lipinski definition) is 4. The van der Waals surface area contributed by atoms with Crippen molar-refractivity contribution in [3.05, 3.63) is 0 Å². The lowest BCUT2D eigenvalue weighted by atomic mass is 9.89. The van der Waals surface area contributed by atoms with Crippen molar-refractivity contribution in [3.8, 4) is 0 Å². The number of hydrogen-bond acceptors (Lipinski definition) is 3. The molecule has 5 nitrogen and oxygen atoms in total. The Kier molecular flexibility index (Phi) is 11.1. The Morgan fingerprint density at radius 1 is 1.15 bits per heavy atom. The third-order valence-corrected chi connectivity index (χ3v) is 3.67. The Morgan fingerprint density at radius 2 is 1.85 bits per heavy atom. The smallest absolute Gasteiger partial charge is 0.185 e. The summed E-state index contributed by atoms with van der Waals surface area (Å²) in [5.41, 5.74) is 11.2. The average molecular weight is 284 g/mol. The van der Waals surface area contributed by atoms with E-state index in [-0.39, 0.29) is 23.7 Å². The van der Waals surface area contributed by atoms with Crippen LogP contribution in [0, 0.1) is 11.3 Å². The quantitative estimate of drug-likeness (QED) is 0.250. The van der Waals surface area contributed by atoms with E-state index in [1.54, 1.807) is 0 Å². The first kappa shape index (κ1) is 18.9. The highest BCUT2D eigenvalue weighted by Gasteiger charge is 2.21. The van der Waals surface area contributed by atoms with Gasteiger partial charge in [0.1, 0.15) is 0 Å². The van der Waals surface area contributed by atoms with Crippen molar-refractivity contribution in [2.75, 3.05) is 6.54 Å². The number of carbonyl (C=O) groups excluding carboxylic acids is 1. The predicted molar refractivity (Wildman–Crippen MR) is 84.7 cm³/mol. The van der Waals surface area contributed by atoms with Gasteiger partial charge in [-0.2, -0.15) is 0 Å². The van der Waals surface area contributed by atoms with Gasteiger partial charge in [0.25, 0.3) is 0 Å². The molecule has 0 aliphatic carbocycles. The van der Waals surface area contributed by atoms with E-state index in [0.29, 0.717) is 13.0 Å². The summed E-state index contributed by atoms with van der Waals surface area (Å²) in [6, 6.07) is -0.375. The highest BCUT2D eigenvalue weighted by atomic mass is 16.1. The molecule has 0 aliphatic rings. The second-order valence-corrected chi connectivity index (χ2v) is 5.45. The molecule has 0 aromatic carbocycles. The molecule has 0 fully saturated rings. The molecule has 0 spiro atoms. The van der Waals surface area contributed by atoms with Crippen LogP contribution < -0.4 is 16.8 Å². The third kappa shape index (κ3) is 8.91. The number of guanidine groups is 1. The fourth-order valence-corrected chi connectivity index (χ4v) is 2.36. The van der Waals surface area contributed by atoms with E-state index >= 15 is 0 Å². The summed E-state index contributed by atoms with van der Waals surface area (Å²) in [5, 5.41) is 9.77. The predicted octanol–water partition coefficient (Wildman–Crippen LogP) is 2.14. The fourth-order valence-electron chi connectivity index (χ4n) is 2.36. The van der Waals surface area contributed by atoms with E-state index in [0.717, 1.165) is 25.7 Å². The Labute approximate surface area is 123 Å². The summed E-state index contributed by atoms with van der Waals surface area (Å²) < 4.78 is 0. The highest BCUT2D eigenvalue weighted by Crippen LogP contribution is 2.17. The van der Waals surface area contributed by atoms with E-state index in [2.05, 4.69) is 19.2 Å². The lowest BCUT2D eigenvalue weighted by Crippen LogP contribution is -2.37. The molecule has 0 saturated heterocycles. The van der Waals surface area contributed by atoms with Gasteiger partial charge in [-0.15, -0.1) is 0 Å². The summed E-state index contributed by atoms with van der Waals surface area (Å²) in [5.74, 6) is 0.279. The van der Waals surface area contributed by atoms with Gasteiger partial charge < -0.3 is 16.8 Å². The molecule has 0 heterocycles. The minimum Gasteiger partial charge on any atom is -0.370 e. The van der Waals surface area contributed by atoms with Crippen molar-refractivity contribution in [2.24, 2.45) is 17.4 Å². The van der Waals surface area contributed by atoms with Gasteiger partial charge in [0.05, 0.1) is 6.04 Å². The fraction of sp³-hybridized carbons (Fsp3) is 0.867. The zero-order valence-electron chi connectivity index (χ0n) is 13.1. The number of Topliss-reactive ketones (excluding diaryl/α,β-unsaturated/α-hetero) is 1. The van der Waals surface area contributed by atoms with Gasteiger partial charge in [0.2, 0.25) is 0 Å². The first-order chi connectivity index (χ1) is 9.52. The first-order valence-corrected chi connectivity index (χ1v) is 7.90. The average Bonchev–Trinajstić information content (AvgIpc) is 2.42. The maximum atomic E-state index is 12.3. The maximum Gasteiger partial charge on any atom is 0.185 e. The number of carbonyl (C=O) groups is 1. The third-order valence-electron chi connectivity index (χ3n) is 3.67. The van der Waals surface area contributed by atoms with Crippen LogP contribution in [0.5, 0.6) is 0 Å². The van der Waals surface area contributed by atoms with Crippen LogP contribution in [-0.4, -0.2) is 24.3 Å². The molecule has 1 unspecified atom stereocenters. The topological polar surface area (TPSA) is 105 Å². The molecular formula is C15H32N4O. The van der Waals surface area contributed by atoms with Gasteiger partial charge in [-0.05, 0) is 25.7 Å². The normalized spacial score (nSPS) is 13.8. The van der Waals surface area contributed by atoms with Crippen LogP contribution in [0.3, 0.4) is 0 Å². The Hall–Kier alpha value is -1.10. The molecule has 0 aromatic heterocycles. The molecule has 6 N–H and O–H groups in total. The van der Waals surface area contributed by atoms with Crippen LogP contribution in [0.4, 0.5) is 0 Å². The molecule has 2 atom stereocenters. The number of ketones is 1. The summed E-state index contributed by atoms with van der Waals surface area (Å²) in [6.45, 7) is 4.85. The summed E-state index contributed by atoms with van der Waals surface area (Å²) >= 11 is 0. The minimum atomic E-state index is -0.375. The number of unbranched alkanes of at least 4 members (excludes halogenated alkanes) is 3. The van der Waals surface area contributed by atoms with Crippen molar-refractivity contribution < 1.29 is 4.79 Å². The number of nitrogens with two attached hydrogens (primary N) is 2. The summed E-state index contributed by atoms with van der Waals surface area (Å²) in [4.78, 5) is 12.3. The first-order valence-electron chi connectivity index (χ1n) is 7.90. The lowest BCUT2D eigenvalue weighted by Gasteiger charge is -2.18. The van der Waals surface area contributed by atoms with Crippen molar-refractivity contribution in [1.82, 2.24) is 5.32 Å². The molecule has 5 heteroatoms. The van der Waals surface area contributed by atoms with Crippen LogP contribution in [0.25, 0.3) is 0 Å². The molecule has 20 heavy (non-hydrogen) atoms. The Morgan fingerprint density at radius 3 is 2.40 bits per heavy atom. The molecular weight excluding hydrogens is 252 g/mol. The van der Waals surface area contributed by atoms with Gasteiger partial charge in [0.15, 0.2) is 11.7 Å². The van der Waals surface area contributed by atoms with Gasteiger partial charge in [-0.25, -0.2) is 0 Å². The Bertz CT molecular complexity index is 281. The second-order valence-electron chi connectivity index (χ2n) is 5.45. The van der Waals surface area contributed by atoms with Crippen molar-refractivity contribution in [1.29, 1.82) is 5.41 Å². The highest BCUT2D eigenvalue weighted by molar-refractivity contribution is 5.86. The van der Waals surface area contributed by atoms with E-state index in [9.17, 15) is 4.79 Å². The zero-order chi connectivity index (χ0) is 15.4. The largest absolute Gasteiger partial charge is 0.370 e. The van der Waals surface area contributed by atoms with Gasteiger partial charge >= 0.3 is 0 Å². The van der Waals surface area contributed by atoms with E-state index in [1.165, 1.54) is 19.3 Å². The molecule has 0 aromatic rings. The van der Waals surface area contributed by atoms with E-state index in [1.807, 2.05) is 0 Å². The van der Waals surface area contributed by atoms with E-state index in [4.69, 9.17) is 16.9 Å². The number of rotatable bonds is 12. The van der Waals surface area contributed by atoms with Crippen LogP contribution in [0.1, 0.15) is 65.2 Å². The van der Waals surface area contributed by atoms with Crippen LogP contribution in [-0.2, 0) is 4.79 Å². The SMILES string of the molecule is CCCCCCC(CC)C(=O)[C@H](N)CCCNC(=N)N. The zero-order valence-corrected chi connectivity index (χ0v) is 13.1. The molecule has 0 rings (SSSR count). The monoisotopic (exact) mass is 284 g/mol. The van der Waals surface area contributed by atoms with Crippen LogP contribution in [0.15, 0.2) is 0 Å².